The van der Waals surface area contributed by atoms with Gasteiger partial charge in [-0.05, 0) is 55.7 Å². The van der Waals surface area contributed by atoms with Crippen LogP contribution in [0.2, 0.25) is 0 Å². The molecule has 0 atom stereocenters. The van der Waals surface area contributed by atoms with Crippen LogP contribution in [-0.4, -0.2) is 22.4 Å². The summed E-state index contributed by atoms with van der Waals surface area (Å²) >= 11 is 0. The summed E-state index contributed by atoms with van der Waals surface area (Å²) in [5.74, 6) is 0.358. The summed E-state index contributed by atoms with van der Waals surface area (Å²) < 4.78 is 0. The van der Waals surface area contributed by atoms with Crippen molar-refractivity contribution in [2.75, 3.05) is 16.8 Å². The molecule has 0 saturated carbocycles. The number of anilines is 3. The minimum absolute atomic E-state index is 0.218. The van der Waals surface area contributed by atoms with Crippen molar-refractivity contribution in [3.05, 3.63) is 77.6 Å². The fourth-order valence-corrected chi connectivity index (χ4v) is 2.84. The number of hydrogen-bond acceptors (Lipinski definition) is 4. The van der Waals surface area contributed by atoms with Gasteiger partial charge in [-0.2, -0.15) is 0 Å². The Morgan fingerprint density at radius 3 is 2.33 bits per heavy atom. The van der Waals surface area contributed by atoms with Crippen LogP contribution in [0.5, 0.6) is 0 Å². The van der Waals surface area contributed by atoms with Gasteiger partial charge >= 0.3 is 0 Å². The number of amides is 1. The van der Waals surface area contributed by atoms with Gasteiger partial charge in [0.05, 0.1) is 5.56 Å². The molecule has 1 aromatic heterocycles. The van der Waals surface area contributed by atoms with E-state index in [0.717, 1.165) is 24.3 Å². The van der Waals surface area contributed by atoms with E-state index in [9.17, 15) is 4.79 Å². The molecule has 0 fully saturated rings. The third kappa shape index (κ3) is 4.50. The molecule has 0 unspecified atom stereocenters. The minimum atomic E-state index is -0.218. The van der Waals surface area contributed by atoms with E-state index >= 15 is 0 Å². The molecule has 0 saturated heterocycles. The first-order chi connectivity index (χ1) is 13.1. The van der Waals surface area contributed by atoms with Crippen LogP contribution in [0.15, 0.2) is 60.9 Å². The van der Waals surface area contributed by atoms with Gasteiger partial charge in [0.1, 0.15) is 0 Å². The van der Waals surface area contributed by atoms with Gasteiger partial charge in [0.2, 0.25) is 5.95 Å². The molecule has 5 nitrogen and oxygen atoms in total. The minimum Gasteiger partial charge on any atom is -0.322 e. The predicted octanol–water partition coefficient (Wildman–Crippen LogP) is 4.76. The Hall–Kier alpha value is -3.21. The van der Waals surface area contributed by atoms with Crippen molar-refractivity contribution in [3.8, 4) is 0 Å². The van der Waals surface area contributed by atoms with Gasteiger partial charge in [0.15, 0.2) is 0 Å². The Bertz CT molecular complexity index is 904. The van der Waals surface area contributed by atoms with Crippen molar-refractivity contribution in [3.63, 3.8) is 0 Å². The quantitative estimate of drug-likeness (QED) is 0.689. The number of aromatic nitrogens is 2. The molecule has 1 N–H and O–H groups in total. The largest absolute Gasteiger partial charge is 0.322 e. The first kappa shape index (κ1) is 18.6. The third-order valence-electron chi connectivity index (χ3n) is 4.39. The molecule has 27 heavy (non-hydrogen) atoms. The molecule has 2 aromatic carbocycles. The lowest BCUT2D eigenvalue weighted by Crippen LogP contribution is -2.20. The van der Waals surface area contributed by atoms with Crippen molar-refractivity contribution in [2.45, 2.75) is 27.2 Å². The SMILES string of the molecule is CCc1ccc(NC(=O)c2cnc(N(CC)c3cccc(C)c3)nc2)cc1. The third-order valence-corrected chi connectivity index (χ3v) is 4.39. The fraction of sp³-hybridized carbons (Fsp3) is 0.227. The van der Waals surface area contributed by atoms with Gasteiger partial charge in [-0.3, -0.25) is 4.79 Å². The lowest BCUT2D eigenvalue weighted by Gasteiger charge is -2.21. The van der Waals surface area contributed by atoms with Crippen molar-refractivity contribution >= 4 is 23.2 Å². The number of nitrogens with zero attached hydrogens (tertiary/aromatic N) is 3. The van der Waals surface area contributed by atoms with E-state index in [1.165, 1.54) is 11.1 Å². The highest BCUT2D eigenvalue weighted by atomic mass is 16.1. The van der Waals surface area contributed by atoms with Gasteiger partial charge in [-0.15, -0.1) is 0 Å². The zero-order chi connectivity index (χ0) is 19.2. The number of benzene rings is 2. The second-order valence-electron chi connectivity index (χ2n) is 6.36. The highest BCUT2D eigenvalue weighted by Crippen LogP contribution is 2.22. The fourth-order valence-electron chi connectivity index (χ4n) is 2.84. The molecule has 138 valence electrons. The summed E-state index contributed by atoms with van der Waals surface area (Å²) in [6.07, 6.45) is 4.10. The van der Waals surface area contributed by atoms with Crippen LogP contribution >= 0.6 is 0 Å². The molecular weight excluding hydrogens is 336 g/mol. The summed E-state index contributed by atoms with van der Waals surface area (Å²) in [4.78, 5) is 23.2. The van der Waals surface area contributed by atoms with Crippen LogP contribution in [0.25, 0.3) is 0 Å². The van der Waals surface area contributed by atoms with Crippen molar-refractivity contribution in [1.29, 1.82) is 0 Å². The Kier molecular flexibility index (Phi) is 5.81. The van der Waals surface area contributed by atoms with Gasteiger partial charge in [0, 0.05) is 30.3 Å². The van der Waals surface area contributed by atoms with Gasteiger partial charge in [-0.25, -0.2) is 9.97 Å². The van der Waals surface area contributed by atoms with Crippen LogP contribution in [0.3, 0.4) is 0 Å². The van der Waals surface area contributed by atoms with E-state index in [2.05, 4.69) is 41.3 Å². The standard InChI is InChI=1S/C22H24N4O/c1-4-17-9-11-19(12-10-17)25-21(27)18-14-23-22(24-15-18)26(5-2)20-8-6-7-16(3)13-20/h6-15H,4-5H2,1-3H3,(H,25,27). The summed E-state index contributed by atoms with van der Waals surface area (Å²) in [6, 6.07) is 16.0. The van der Waals surface area contributed by atoms with Crippen molar-refractivity contribution in [2.24, 2.45) is 0 Å². The second kappa shape index (κ2) is 8.45. The molecule has 0 bridgehead atoms. The van der Waals surface area contributed by atoms with Crippen molar-refractivity contribution in [1.82, 2.24) is 9.97 Å². The molecule has 3 aromatic rings. The maximum Gasteiger partial charge on any atom is 0.258 e. The monoisotopic (exact) mass is 360 g/mol. The summed E-state index contributed by atoms with van der Waals surface area (Å²) in [6.45, 7) is 6.94. The lowest BCUT2D eigenvalue weighted by molar-refractivity contribution is 0.102. The zero-order valence-electron chi connectivity index (χ0n) is 15.9. The van der Waals surface area contributed by atoms with Crippen molar-refractivity contribution < 1.29 is 4.79 Å². The summed E-state index contributed by atoms with van der Waals surface area (Å²) in [5.41, 5.74) is 4.63. The van der Waals surface area contributed by atoms with Crippen LogP contribution < -0.4 is 10.2 Å². The predicted molar refractivity (Wildman–Crippen MR) is 110 cm³/mol. The maximum atomic E-state index is 12.4. The normalized spacial score (nSPS) is 10.5. The molecule has 0 aliphatic rings. The van der Waals surface area contributed by atoms with Gasteiger partial charge in [-0.1, -0.05) is 31.2 Å². The molecule has 0 spiro atoms. The van der Waals surface area contributed by atoms with Crippen LogP contribution in [-0.2, 0) is 6.42 Å². The molecule has 5 heteroatoms. The highest BCUT2D eigenvalue weighted by Gasteiger charge is 2.13. The Balaban J connectivity index is 1.74. The lowest BCUT2D eigenvalue weighted by atomic mass is 10.1. The molecule has 0 radical (unpaired) electrons. The topological polar surface area (TPSA) is 58.1 Å². The zero-order valence-corrected chi connectivity index (χ0v) is 15.9. The number of aryl methyl sites for hydroxylation is 2. The van der Waals surface area contributed by atoms with E-state index in [-0.39, 0.29) is 5.91 Å². The summed E-state index contributed by atoms with van der Waals surface area (Å²) in [5, 5.41) is 2.88. The number of nitrogens with one attached hydrogen (secondary N) is 1. The first-order valence-electron chi connectivity index (χ1n) is 9.17. The molecule has 0 aliphatic heterocycles. The number of rotatable bonds is 6. The van der Waals surface area contributed by atoms with E-state index in [0.29, 0.717) is 11.5 Å². The Morgan fingerprint density at radius 1 is 1.04 bits per heavy atom. The number of carbonyl (C=O) groups excluding carboxylic acids is 1. The van der Waals surface area contributed by atoms with Crippen LogP contribution in [0.1, 0.15) is 35.3 Å². The Labute approximate surface area is 160 Å². The number of carbonyl (C=O) groups is 1. The van der Waals surface area contributed by atoms with Crippen LogP contribution in [0.4, 0.5) is 17.3 Å². The van der Waals surface area contributed by atoms with E-state index < -0.39 is 0 Å². The van der Waals surface area contributed by atoms with Crippen LogP contribution in [0, 0.1) is 6.92 Å². The van der Waals surface area contributed by atoms with E-state index in [1.54, 1.807) is 12.4 Å². The highest BCUT2D eigenvalue weighted by molar-refractivity contribution is 6.03. The first-order valence-corrected chi connectivity index (χ1v) is 9.17. The molecule has 0 aliphatic carbocycles. The second-order valence-corrected chi connectivity index (χ2v) is 6.36. The average molecular weight is 360 g/mol. The summed E-state index contributed by atoms with van der Waals surface area (Å²) in [7, 11) is 0. The molecule has 1 heterocycles. The maximum absolute atomic E-state index is 12.4. The molecule has 1 amide bonds. The van der Waals surface area contributed by atoms with E-state index in [4.69, 9.17) is 0 Å². The molecular formula is C22H24N4O. The van der Waals surface area contributed by atoms with Gasteiger partial charge in [0.25, 0.3) is 5.91 Å². The van der Waals surface area contributed by atoms with E-state index in [1.807, 2.05) is 48.2 Å². The number of hydrogen-bond donors (Lipinski definition) is 1. The van der Waals surface area contributed by atoms with Gasteiger partial charge < -0.3 is 10.2 Å². The Morgan fingerprint density at radius 2 is 1.74 bits per heavy atom. The molecule has 3 rings (SSSR count). The average Bonchev–Trinajstić information content (AvgIpc) is 2.70. The smallest absolute Gasteiger partial charge is 0.258 e.